The number of benzene rings is 1. The number of hydrogen-bond donors (Lipinski definition) is 2. The Labute approximate surface area is 112 Å². The molecule has 0 spiro atoms. The van der Waals surface area contributed by atoms with E-state index in [-0.39, 0.29) is 10.7 Å². The van der Waals surface area contributed by atoms with E-state index in [1.165, 1.54) is 0 Å². The van der Waals surface area contributed by atoms with Gasteiger partial charge in [0.25, 0.3) is 0 Å². The van der Waals surface area contributed by atoms with Crippen LogP contribution >= 0.6 is 15.9 Å². The second-order valence-corrected chi connectivity index (χ2v) is 4.78. The molecule has 1 atom stereocenters. The van der Waals surface area contributed by atoms with Gasteiger partial charge >= 0.3 is 0 Å². The molecule has 18 heavy (non-hydrogen) atoms. The number of nitrogens with zero attached hydrogens (tertiary/aromatic N) is 3. The lowest BCUT2D eigenvalue weighted by Gasteiger charge is -2.08. The number of aromatic nitrogens is 4. The molecule has 0 aliphatic carbocycles. The minimum absolute atomic E-state index is 0.0511. The van der Waals surface area contributed by atoms with E-state index in [4.69, 9.17) is 0 Å². The minimum atomic E-state index is -0.172. The number of alkyl halides is 1. The Bertz CT molecular complexity index is 511. The summed E-state index contributed by atoms with van der Waals surface area (Å²) < 4.78 is 0. The van der Waals surface area contributed by atoms with Gasteiger partial charge in [-0.2, -0.15) is 5.21 Å². The topological polar surface area (TPSA) is 83.6 Å². The van der Waals surface area contributed by atoms with Crippen LogP contribution in [0.25, 0.3) is 11.4 Å². The first-order valence-corrected chi connectivity index (χ1v) is 6.41. The van der Waals surface area contributed by atoms with Crippen molar-refractivity contribution < 1.29 is 4.79 Å². The maximum absolute atomic E-state index is 11.7. The average Bonchev–Trinajstić information content (AvgIpc) is 2.92. The third kappa shape index (κ3) is 2.92. The number of aromatic amines is 1. The summed E-state index contributed by atoms with van der Waals surface area (Å²) in [6, 6.07) is 7.27. The van der Waals surface area contributed by atoms with Crippen LogP contribution in [0.15, 0.2) is 24.3 Å². The van der Waals surface area contributed by atoms with Crippen LogP contribution in [0.2, 0.25) is 0 Å². The molecule has 1 amide bonds. The first kappa shape index (κ1) is 12.7. The molecule has 0 aliphatic rings. The van der Waals surface area contributed by atoms with E-state index < -0.39 is 0 Å². The van der Waals surface area contributed by atoms with Crippen molar-refractivity contribution in [3.05, 3.63) is 24.3 Å². The summed E-state index contributed by atoms with van der Waals surface area (Å²) >= 11 is 3.30. The second-order valence-electron chi connectivity index (χ2n) is 3.68. The molecule has 0 saturated heterocycles. The Hall–Kier alpha value is -1.76. The zero-order valence-corrected chi connectivity index (χ0v) is 11.3. The Morgan fingerprint density at radius 3 is 2.72 bits per heavy atom. The molecular formula is C11H12BrN5O. The van der Waals surface area contributed by atoms with Gasteiger partial charge in [0.05, 0.1) is 4.83 Å². The molecule has 0 unspecified atom stereocenters. The molecule has 2 N–H and O–H groups in total. The molecule has 0 radical (unpaired) electrons. The predicted molar refractivity (Wildman–Crippen MR) is 71.2 cm³/mol. The molecule has 2 aromatic rings. The monoisotopic (exact) mass is 309 g/mol. The molecule has 1 aromatic carbocycles. The Balaban J connectivity index is 2.06. The van der Waals surface area contributed by atoms with Crippen LogP contribution in [0.3, 0.4) is 0 Å². The maximum Gasteiger partial charge on any atom is 0.238 e. The van der Waals surface area contributed by atoms with E-state index in [1.807, 2.05) is 19.1 Å². The Kier molecular flexibility index (Phi) is 4.03. The van der Waals surface area contributed by atoms with Crippen LogP contribution in [0.4, 0.5) is 5.69 Å². The molecule has 0 fully saturated rings. The first-order chi connectivity index (χ1) is 8.70. The van der Waals surface area contributed by atoms with Gasteiger partial charge < -0.3 is 5.32 Å². The van der Waals surface area contributed by atoms with E-state index in [0.29, 0.717) is 5.82 Å². The molecule has 0 saturated carbocycles. The van der Waals surface area contributed by atoms with Crippen LogP contribution in [0, 0.1) is 0 Å². The highest BCUT2D eigenvalue weighted by Gasteiger charge is 2.12. The van der Waals surface area contributed by atoms with Crippen molar-refractivity contribution in [1.29, 1.82) is 0 Å². The summed E-state index contributed by atoms with van der Waals surface area (Å²) in [5.41, 5.74) is 1.58. The van der Waals surface area contributed by atoms with E-state index in [0.717, 1.165) is 17.7 Å². The summed E-state index contributed by atoms with van der Waals surface area (Å²) in [7, 11) is 0. The van der Waals surface area contributed by atoms with Crippen molar-refractivity contribution in [2.45, 2.75) is 18.2 Å². The number of anilines is 1. The summed E-state index contributed by atoms with van der Waals surface area (Å²) in [4.78, 5) is 11.5. The van der Waals surface area contributed by atoms with Gasteiger partial charge in [-0.3, -0.25) is 4.79 Å². The predicted octanol–water partition coefficient (Wildman–Crippen LogP) is 1.98. The third-order valence-electron chi connectivity index (χ3n) is 2.40. The van der Waals surface area contributed by atoms with Crippen LogP contribution in [-0.2, 0) is 4.79 Å². The number of rotatable bonds is 4. The Morgan fingerprint density at radius 1 is 1.44 bits per heavy atom. The lowest BCUT2D eigenvalue weighted by molar-refractivity contribution is -0.115. The van der Waals surface area contributed by atoms with Crippen LogP contribution in [0.1, 0.15) is 13.3 Å². The fraction of sp³-hybridized carbons (Fsp3) is 0.273. The number of carbonyl (C=O) groups is 1. The SMILES string of the molecule is CC[C@@H](Br)C(=O)Nc1ccc(-c2nn[nH]n2)cc1. The fourth-order valence-electron chi connectivity index (χ4n) is 1.39. The van der Waals surface area contributed by atoms with Gasteiger partial charge in [-0.25, -0.2) is 0 Å². The van der Waals surface area contributed by atoms with Gasteiger partial charge in [-0.1, -0.05) is 22.9 Å². The smallest absolute Gasteiger partial charge is 0.238 e. The molecular weight excluding hydrogens is 298 g/mol. The van der Waals surface area contributed by atoms with Crippen molar-refractivity contribution >= 4 is 27.5 Å². The van der Waals surface area contributed by atoms with Gasteiger partial charge in [0.15, 0.2) is 0 Å². The highest BCUT2D eigenvalue weighted by atomic mass is 79.9. The van der Waals surface area contributed by atoms with E-state index in [2.05, 4.69) is 41.9 Å². The molecule has 2 rings (SSSR count). The maximum atomic E-state index is 11.7. The van der Waals surface area contributed by atoms with Crippen molar-refractivity contribution in [3.8, 4) is 11.4 Å². The van der Waals surface area contributed by atoms with Gasteiger partial charge in [-0.15, -0.1) is 10.2 Å². The number of nitrogens with one attached hydrogen (secondary N) is 2. The summed E-state index contributed by atoms with van der Waals surface area (Å²) in [5.74, 6) is 0.476. The number of halogens is 1. The lowest BCUT2D eigenvalue weighted by Crippen LogP contribution is -2.21. The van der Waals surface area contributed by atoms with E-state index in [9.17, 15) is 4.79 Å². The molecule has 6 nitrogen and oxygen atoms in total. The standard InChI is InChI=1S/C11H12BrN5O/c1-2-9(12)11(18)13-8-5-3-7(4-6-8)10-14-16-17-15-10/h3-6,9H,2H2,1H3,(H,13,18)(H,14,15,16,17)/t9-/m1/s1. The molecule has 0 bridgehead atoms. The number of carbonyl (C=O) groups excluding carboxylic acids is 1. The van der Waals surface area contributed by atoms with Gasteiger partial charge in [0, 0.05) is 11.3 Å². The van der Waals surface area contributed by atoms with Crippen molar-refractivity contribution in [2.24, 2.45) is 0 Å². The number of amides is 1. The number of H-pyrrole nitrogens is 1. The molecule has 94 valence electrons. The minimum Gasteiger partial charge on any atom is -0.325 e. The zero-order valence-electron chi connectivity index (χ0n) is 9.72. The molecule has 1 aromatic heterocycles. The van der Waals surface area contributed by atoms with E-state index in [1.54, 1.807) is 12.1 Å². The highest BCUT2D eigenvalue weighted by Crippen LogP contribution is 2.17. The van der Waals surface area contributed by atoms with Gasteiger partial charge in [0.2, 0.25) is 11.7 Å². The van der Waals surface area contributed by atoms with Gasteiger partial charge in [0.1, 0.15) is 0 Å². The highest BCUT2D eigenvalue weighted by molar-refractivity contribution is 9.10. The van der Waals surface area contributed by atoms with Crippen molar-refractivity contribution in [1.82, 2.24) is 20.6 Å². The van der Waals surface area contributed by atoms with Crippen LogP contribution < -0.4 is 5.32 Å². The van der Waals surface area contributed by atoms with Crippen LogP contribution in [-0.4, -0.2) is 31.4 Å². The van der Waals surface area contributed by atoms with Crippen LogP contribution in [0.5, 0.6) is 0 Å². The largest absolute Gasteiger partial charge is 0.325 e. The average molecular weight is 310 g/mol. The molecule has 7 heteroatoms. The fourth-order valence-corrected chi connectivity index (χ4v) is 1.51. The summed E-state index contributed by atoms with van der Waals surface area (Å²) in [5, 5.41) is 16.5. The molecule has 0 aliphatic heterocycles. The summed E-state index contributed by atoms with van der Waals surface area (Å²) in [6.07, 6.45) is 0.743. The molecule has 1 heterocycles. The number of tetrazole rings is 1. The van der Waals surface area contributed by atoms with Crippen molar-refractivity contribution in [2.75, 3.05) is 5.32 Å². The quantitative estimate of drug-likeness (QED) is 0.846. The van der Waals surface area contributed by atoms with Crippen molar-refractivity contribution in [3.63, 3.8) is 0 Å². The second kappa shape index (κ2) is 5.72. The normalized spacial score (nSPS) is 12.1. The zero-order chi connectivity index (χ0) is 13.0. The Morgan fingerprint density at radius 2 is 2.17 bits per heavy atom. The lowest BCUT2D eigenvalue weighted by atomic mass is 10.2. The van der Waals surface area contributed by atoms with E-state index >= 15 is 0 Å². The van der Waals surface area contributed by atoms with Gasteiger partial charge in [-0.05, 0) is 35.9 Å². The summed E-state index contributed by atoms with van der Waals surface area (Å²) in [6.45, 7) is 1.94. The first-order valence-electron chi connectivity index (χ1n) is 5.49. The third-order valence-corrected chi connectivity index (χ3v) is 3.46. The number of hydrogen-bond acceptors (Lipinski definition) is 4.